The molecular formula is C9H8Cl2F2O. The molecule has 0 radical (unpaired) electrons. The average Bonchev–Trinajstić information content (AvgIpc) is 2.11. The van der Waals surface area contributed by atoms with E-state index in [4.69, 9.17) is 23.2 Å². The lowest BCUT2D eigenvalue weighted by molar-refractivity contribution is 0.436. The highest BCUT2D eigenvalue weighted by Crippen LogP contribution is 2.41. The van der Waals surface area contributed by atoms with Crippen LogP contribution in [0.1, 0.15) is 25.3 Å². The van der Waals surface area contributed by atoms with Crippen LogP contribution in [0.15, 0.2) is 0 Å². The summed E-state index contributed by atoms with van der Waals surface area (Å²) in [4.78, 5) is 0. The first kappa shape index (κ1) is 11.5. The zero-order valence-electron chi connectivity index (χ0n) is 7.54. The lowest BCUT2D eigenvalue weighted by Crippen LogP contribution is -1.99. The normalized spacial score (nSPS) is 11.1. The number of phenolic OH excluding ortho intramolecular Hbond substituents is 1. The van der Waals surface area contributed by atoms with Crippen molar-refractivity contribution in [2.75, 3.05) is 0 Å². The first-order chi connectivity index (χ1) is 6.37. The average molecular weight is 241 g/mol. The molecule has 1 rings (SSSR count). The van der Waals surface area contributed by atoms with Gasteiger partial charge in [-0.05, 0) is 5.92 Å². The van der Waals surface area contributed by atoms with Gasteiger partial charge in [0.1, 0.15) is 15.8 Å². The number of halogens is 4. The Morgan fingerprint density at radius 1 is 1.07 bits per heavy atom. The van der Waals surface area contributed by atoms with Crippen molar-refractivity contribution in [1.29, 1.82) is 0 Å². The Morgan fingerprint density at radius 3 is 2.00 bits per heavy atom. The van der Waals surface area contributed by atoms with Crippen LogP contribution in [0.4, 0.5) is 8.78 Å². The second-order valence-electron chi connectivity index (χ2n) is 3.17. The molecule has 0 aliphatic rings. The van der Waals surface area contributed by atoms with Crippen molar-refractivity contribution >= 4 is 23.2 Å². The van der Waals surface area contributed by atoms with Gasteiger partial charge >= 0.3 is 0 Å². The summed E-state index contributed by atoms with van der Waals surface area (Å²) < 4.78 is 26.4. The third kappa shape index (κ3) is 1.66. The minimum absolute atomic E-state index is 0.156. The van der Waals surface area contributed by atoms with Gasteiger partial charge < -0.3 is 5.11 Å². The van der Waals surface area contributed by atoms with E-state index >= 15 is 0 Å². The van der Waals surface area contributed by atoms with Crippen molar-refractivity contribution in [3.63, 3.8) is 0 Å². The highest BCUT2D eigenvalue weighted by Gasteiger charge is 2.23. The Bertz CT molecular complexity index is 349. The SMILES string of the molecule is CC(C)c1c(O)c(Cl)c(Cl)c(F)c1F. The van der Waals surface area contributed by atoms with Gasteiger partial charge in [-0.25, -0.2) is 8.78 Å². The molecule has 5 heteroatoms. The fraction of sp³-hybridized carbons (Fsp3) is 0.333. The number of rotatable bonds is 1. The molecule has 1 N–H and O–H groups in total. The van der Waals surface area contributed by atoms with Crippen molar-refractivity contribution in [3.05, 3.63) is 27.2 Å². The summed E-state index contributed by atoms with van der Waals surface area (Å²) in [5, 5.41) is 8.49. The summed E-state index contributed by atoms with van der Waals surface area (Å²) >= 11 is 10.9. The fourth-order valence-electron chi connectivity index (χ4n) is 1.16. The summed E-state index contributed by atoms with van der Waals surface area (Å²) in [5.41, 5.74) is -0.156. The molecule has 0 heterocycles. The Balaban J connectivity index is 3.60. The van der Waals surface area contributed by atoms with Gasteiger partial charge in [0.2, 0.25) is 0 Å². The standard InChI is InChI=1S/C9H8Cl2F2O/c1-3(2)4-7(12)8(13)5(10)6(11)9(4)14/h3,14H,1-2H3. The second-order valence-corrected chi connectivity index (χ2v) is 3.93. The molecular weight excluding hydrogens is 233 g/mol. The Hall–Kier alpha value is -0.540. The molecule has 0 fully saturated rings. The van der Waals surface area contributed by atoms with Crippen LogP contribution in [0.3, 0.4) is 0 Å². The maximum absolute atomic E-state index is 13.3. The van der Waals surface area contributed by atoms with Crippen molar-refractivity contribution in [3.8, 4) is 5.75 Å². The predicted octanol–water partition coefficient (Wildman–Crippen LogP) is 4.10. The second kappa shape index (κ2) is 3.91. The smallest absolute Gasteiger partial charge is 0.179 e. The summed E-state index contributed by atoms with van der Waals surface area (Å²) in [5.74, 6) is -3.24. The summed E-state index contributed by atoms with van der Waals surface area (Å²) in [6.45, 7) is 3.23. The summed E-state index contributed by atoms with van der Waals surface area (Å²) in [6, 6.07) is 0. The van der Waals surface area contributed by atoms with Crippen molar-refractivity contribution in [2.24, 2.45) is 0 Å². The lowest BCUT2D eigenvalue weighted by atomic mass is 10.0. The molecule has 0 saturated carbocycles. The third-order valence-electron chi connectivity index (χ3n) is 1.85. The van der Waals surface area contributed by atoms with Crippen molar-refractivity contribution in [1.82, 2.24) is 0 Å². The molecule has 0 amide bonds. The molecule has 0 bridgehead atoms. The molecule has 0 spiro atoms. The Kier molecular flexibility index (Phi) is 3.22. The molecule has 0 unspecified atom stereocenters. The van der Waals surface area contributed by atoms with Crippen LogP contribution < -0.4 is 0 Å². The maximum Gasteiger partial charge on any atom is 0.179 e. The topological polar surface area (TPSA) is 20.2 Å². The predicted molar refractivity (Wildman–Crippen MR) is 52.1 cm³/mol. The van der Waals surface area contributed by atoms with Crippen molar-refractivity contribution < 1.29 is 13.9 Å². The molecule has 1 aromatic rings. The number of aromatic hydroxyl groups is 1. The van der Waals surface area contributed by atoms with Gasteiger partial charge in [-0.2, -0.15) is 0 Å². The van der Waals surface area contributed by atoms with Gasteiger partial charge in [-0.1, -0.05) is 37.0 Å². The first-order valence-electron chi connectivity index (χ1n) is 3.92. The zero-order chi connectivity index (χ0) is 11.0. The first-order valence-corrected chi connectivity index (χ1v) is 4.68. The van der Waals surface area contributed by atoms with Crippen LogP contribution in [-0.2, 0) is 0 Å². The monoisotopic (exact) mass is 240 g/mol. The molecule has 0 aromatic heterocycles. The minimum Gasteiger partial charge on any atom is -0.506 e. The summed E-state index contributed by atoms with van der Waals surface area (Å²) in [7, 11) is 0. The number of hydrogen-bond acceptors (Lipinski definition) is 1. The quantitative estimate of drug-likeness (QED) is 0.579. The van der Waals surface area contributed by atoms with Crippen molar-refractivity contribution in [2.45, 2.75) is 19.8 Å². The minimum atomic E-state index is -1.22. The maximum atomic E-state index is 13.3. The third-order valence-corrected chi connectivity index (χ3v) is 2.67. The molecule has 78 valence electrons. The van der Waals surface area contributed by atoms with Gasteiger partial charge in [0.25, 0.3) is 0 Å². The highest BCUT2D eigenvalue weighted by atomic mass is 35.5. The van der Waals surface area contributed by atoms with E-state index in [0.717, 1.165) is 0 Å². The van der Waals surface area contributed by atoms with Gasteiger partial charge in [0.05, 0.1) is 0 Å². The van der Waals surface area contributed by atoms with E-state index in [2.05, 4.69) is 0 Å². The van der Waals surface area contributed by atoms with Crippen LogP contribution in [0, 0.1) is 11.6 Å². The van der Waals surface area contributed by atoms with Crippen LogP contribution in [0.25, 0.3) is 0 Å². The number of benzene rings is 1. The Morgan fingerprint density at radius 2 is 1.57 bits per heavy atom. The number of phenols is 1. The molecule has 0 atom stereocenters. The van der Waals surface area contributed by atoms with E-state index in [0.29, 0.717) is 0 Å². The van der Waals surface area contributed by atoms with E-state index in [-0.39, 0.29) is 16.5 Å². The molecule has 14 heavy (non-hydrogen) atoms. The largest absolute Gasteiger partial charge is 0.506 e. The van der Waals surface area contributed by atoms with Gasteiger partial charge in [0.15, 0.2) is 11.6 Å². The molecule has 1 aromatic carbocycles. The van der Waals surface area contributed by atoms with Gasteiger partial charge in [0, 0.05) is 5.56 Å². The van der Waals surface area contributed by atoms with E-state index in [1.165, 1.54) is 0 Å². The highest BCUT2D eigenvalue weighted by molar-refractivity contribution is 6.43. The van der Waals surface area contributed by atoms with Gasteiger partial charge in [-0.15, -0.1) is 0 Å². The zero-order valence-corrected chi connectivity index (χ0v) is 9.05. The molecule has 0 aliphatic carbocycles. The summed E-state index contributed by atoms with van der Waals surface area (Å²) in [6.07, 6.45) is 0. The van der Waals surface area contributed by atoms with Gasteiger partial charge in [-0.3, -0.25) is 0 Å². The van der Waals surface area contributed by atoms with E-state index in [9.17, 15) is 13.9 Å². The van der Waals surface area contributed by atoms with Crippen LogP contribution in [0.2, 0.25) is 10.0 Å². The lowest BCUT2D eigenvalue weighted by Gasteiger charge is -2.12. The van der Waals surface area contributed by atoms with E-state index < -0.39 is 22.4 Å². The van der Waals surface area contributed by atoms with Crippen LogP contribution in [0.5, 0.6) is 5.75 Å². The molecule has 0 saturated heterocycles. The molecule has 0 aliphatic heterocycles. The Labute approximate surface area is 90.3 Å². The molecule has 1 nitrogen and oxygen atoms in total. The van der Waals surface area contributed by atoms with Crippen LogP contribution in [-0.4, -0.2) is 5.11 Å². The van der Waals surface area contributed by atoms with E-state index in [1.807, 2.05) is 0 Å². The van der Waals surface area contributed by atoms with E-state index in [1.54, 1.807) is 13.8 Å². The van der Waals surface area contributed by atoms with Crippen LogP contribution >= 0.6 is 23.2 Å². The number of hydrogen-bond donors (Lipinski definition) is 1. The fourth-order valence-corrected chi connectivity index (χ4v) is 1.52.